The average Bonchev–Trinajstić information content (AvgIpc) is 2.19. The zero-order valence-corrected chi connectivity index (χ0v) is 8.23. The molecule has 0 aliphatic heterocycles. The fourth-order valence-corrected chi connectivity index (χ4v) is 1.88. The Morgan fingerprint density at radius 1 is 1.36 bits per heavy atom. The molecule has 0 spiro atoms. The van der Waals surface area contributed by atoms with Crippen molar-refractivity contribution < 1.29 is 4.74 Å². The molecule has 0 saturated heterocycles. The van der Waals surface area contributed by atoms with E-state index in [1.807, 2.05) is 18.2 Å². The predicted octanol–water partition coefficient (Wildman–Crippen LogP) is 1.73. The number of nitrogens with two attached hydrogens (primary N) is 1. The summed E-state index contributed by atoms with van der Waals surface area (Å²) in [5.41, 5.74) is 5.88. The predicted molar refractivity (Wildman–Crippen MR) is 55.1 cm³/mol. The third-order valence-electron chi connectivity index (χ3n) is 2.59. The van der Waals surface area contributed by atoms with Gasteiger partial charge in [-0.25, -0.2) is 4.98 Å². The molecule has 76 valence electrons. The normalized spacial score (nSPS) is 27.2. The van der Waals surface area contributed by atoms with Crippen LogP contribution in [0.15, 0.2) is 24.4 Å². The molecule has 1 fully saturated rings. The Balaban J connectivity index is 1.91. The third-order valence-corrected chi connectivity index (χ3v) is 2.59. The Morgan fingerprint density at radius 2 is 2.29 bits per heavy atom. The van der Waals surface area contributed by atoms with E-state index in [0.29, 0.717) is 11.9 Å². The van der Waals surface area contributed by atoms with Gasteiger partial charge in [-0.1, -0.05) is 6.07 Å². The second-order valence-corrected chi connectivity index (χ2v) is 3.83. The quantitative estimate of drug-likeness (QED) is 0.776. The van der Waals surface area contributed by atoms with Gasteiger partial charge in [0.05, 0.1) is 0 Å². The van der Waals surface area contributed by atoms with Gasteiger partial charge in [-0.15, -0.1) is 0 Å². The Kier molecular flexibility index (Phi) is 2.99. The van der Waals surface area contributed by atoms with Crippen molar-refractivity contribution >= 4 is 0 Å². The summed E-state index contributed by atoms with van der Waals surface area (Å²) in [4.78, 5) is 4.13. The fraction of sp³-hybridized carbons (Fsp3) is 0.545. The summed E-state index contributed by atoms with van der Waals surface area (Å²) in [7, 11) is 0. The lowest BCUT2D eigenvalue weighted by atomic mass is 9.94. The average molecular weight is 192 g/mol. The Bertz CT molecular complexity index is 276. The minimum Gasteiger partial charge on any atom is -0.474 e. The molecule has 1 aliphatic rings. The van der Waals surface area contributed by atoms with Crippen LogP contribution in [0.5, 0.6) is 5.88 Å². The highest BCUT2D eigenvalue weighted by Crippen LogP contribution is 2.21. The number of hydrogen-bond acceptors (Lipinski definition) is 3. The summed E-state index contributed by atoms with van der Waals surface area (Å²) >= 11 is 0. The molecular formula is C11H16N2O. The van der Waals surface area contributed by atoms with Gasteiger partial charge in [0, 0.05) is 18.3 Å². The zero-order chi connectivity index (χ0) is 9.80. The molecule has 3 heteroatoms. The summed E-state index contributed by atoms with van der Waals surface area (Å²) in [6, 6.07) is 6.02. The standard InChI is InChI=1S/C11H16N2O/c12-9-4-3-5-10(8-9)14-11-6-1-2-7-13-11/h1-2,6-7,9-10H,3-5,8,12H2. The first-order valence-corrected chi connectivity index (χ1v) is 5.18. The van der Waals surface area contributed by atoms with E-state index in [1.165, 1.54) is 6.42 Å². The second-order valence-electron chi connectivity index (χ2n) is 3.83. The first kappa shape index (κ1) is 9.46. The van der Waals surface area contributed by atoms with Crippen molar-refractivity contribution in [1.29, 1.82) is 0 Å². The number of hydrogen-bond donors (Lipinski definition) is 1. The van der Waals surface area contributed by atoms with Crippen molar-refractivity contribution in [2.45, 2.75) is 37.8 Å². The second kappa shape index (κ2) is 4.42. The molecule has 0 radical (unpaired) electrons. The van der Waals surface area contributed by atoms with E-state index in [1.54, 1.807) is 6.20 Å². The van der Waals surface area contributed by atoms with Gasteiger partial charge in [0.15, 0.2) is 0 Å². The molecule has 1 heterocycles. The van der Waals surface area contributed by atoms with Crippen molar-refractivity contribution in [3.63, 3.8) is 0 Å². The van der Waals surface area contributed by atoms with Crippen LogP contribution in [0.2, 0.25) is 0 Å². The minimum atomic E-state index is 0.258. The van der Waals surface area contributed by atoms with Crippen LogP contribution in [0, 0.1) is 0 Å². The van der Waals surface area contributed by atoms with E-state index in [-0.39, 0.29) is 6.10 Å². The van der Waals surface area contributed by atoms with Crippen LogP contribution in [0.3, 0.4) is 0 Å². The van der Waals surface area contributed by atoms with Crippen LogP contribution in [0.25, 0.3) is 0 Å². The van der Waals surface area contributed by atoms with Crippen LogP contribution in [0.1, 0.15) is 25.7 Å². The van der Waals surface area contributed by atoms with Crippen molar-refractivity contribution in [2.24, 2.45) is 5.73 Å². The first-order chi connectivity index (χ1) is 6.84. The highest BCUT2D eigenvalue weighted by atomic mass is 16.5. The molecule has 2 atom stereocenters. The molecule has 1 saturated carbocycles. The Hall–Kier alpha value is -1.09. The summed E-state index contributed by atoms with van der Waals surface area (Å²) in [5, 5.41) is 0. The summed E-state index contributed by atoms with van der Waals surface area (Å²) < 4.78 is 5.73. The molecule has 3 nitrogen and oxygen atoms in total. The molecule has 0 aromatic carbocycles. The van der Waals surface area contributed by atoms with E-state index in [4.69, 9.17) is 10.5 Å². The van der Waals surface area contributed by atoms with E-state index >= 15 is 0 Å². The summed E-state index contributed by atoms with van der Waals surface area (Å²) in [5.74, 6) is 0.714. The summed E-state index contributed by atoms with van der Waals surface area (Å²) in [6.45, 7) is 0. The maximum absolute atomic E-state index is 5.88. The van der Waals surface area contributed by atoms with Gasteiger partial charge in [0.25, 0.3) is 0 Å². The number of ether oxygens (including phenoxy) is 1. The van der Waals surface area contributed by atoms with Gasteiger partial charge < -0.3 is 10.5 Å². The van der Waals surface area contributed by atoms with Gasteiger partial charge in [-0.3, -0.25) is 0 Å². The SMILES string of the molecule is NC1CCCC(Oc2ccccn2)C1. The van der Waals surface area contributed by atoms with Gasteiger partial charge in [-0.05, 0) is 31.7 Å². The zero-order valence-electron chi connectivity index (χ0n) is 8.23. The van der Waals surface area contributed by atoms with Crippen LogP contribution >= 0.6 is 0 Å². The van der Waals surface area contributed by atoms with Crippen LogP contribution in [-0.2, 0) is 0 Å². The van der Waals surface area contributed by atoms with Gasteiger partial charge in [-0.2, -0.15) is 0 Å². The summed E-state index contributed by atoms with van der Waals surface area (Å²) in [6.07, 6.45) is 6.35. The molecule has 2 rings (SSSR count). The lowest BCUT2D eigenvalue weighted by molar-refractivity contribution is 0.138. The fourth-order valence-electron chi connectivity index (χ4n) is 1.88. The van der Waals surface area contributed by atoms with Gasteiger partial charge >= 0.3 is 0 Å². The van der Waals surface area contributed by atoms with Crippen LogP contribution in [-0.4, -0.2) is 17.1 Å². The van der Waals surface area contributed by atoms with E-state index in [0.717, 1.165) is 19.3 Å². The molecule has 14 heavy (non-hydrogen) atoms. The van der Waals surface area contributed by atoms with E-state index in [2.05, 4.69) is 4.98 Å². The Labute approximate surface area is 84.3 Å². The molecule has 1 aromatic heterocycles. The number of pyridine rings is 1. The van der Waals surface area contributed by atoms with Gasteiger partial charge in [0.2, 0.25) is 5.88 Å². The van der Waals surface area contributed by atoms with Crippen LogP contribution < -0.4 is 10.5 Å². The molecule has 0 bridgehead atoms. The van der Waals surface area contributed by atoms with Gasteiger partial charge in [0.1, 0.15) is 6.10 Å². The van der Waals surface area contributed by atoms with E-state index in [9.17, 15) is 0 Å². The maximum atomic E-state index is 5.88. The molecular weight excluding hydrogens is 176 g/mol. The maximum Gasteiger partial charge on any atom is 0.213 e. The molecule has 1 aliphatic carbocycles. The van der Waals surface area contributed by atoms with Crippen molar-refractivity contribution in [3.8, 4) is 5.88 Å². The number of aromatic nitrogens is 1. The molecule has 0 amide bonds. The molecule has 2 unspecified atom stereocenters. The highest BCUT2D eigenvalue weighted by molar-refractivity contribution is 5.09. The van der Waals surface area contributed by atoms with Crippen molar-refractivity contribution in [2.75, 3.05) is 0 Å². The lowest BCUT2D eigenvalue weighted by Gasteiger charge is -2.26. The topological polar surface area (TPSA) is 48.1 Å². The third kappa shape index (κ3) is 2.45. The number of nitrogens with zero attached hydrogens (tertiary/aromatic N) is 1. The van der Waals surface area contributed by atoms with Crippen molar-refractivity contribution in [3.05, 3.63) is 24.4 Å². The highest BCUT2D eigenvalue weighted by Gasteiger charge is 2.20. The molecule has 2 N–H and O–H groups in total. The van der Waals surface area contributed by atoms with E-state index < -0.39 is 0 Å². The smallest absolute Gasteiger partial charge is 0.213 e. The largest absolute Gasteiger partial charge is 0.474 e. The molecule has 1 aromatic rings. The number of rotatable bonds is 2. The first-order valence-electron chi connectivity index (χ1n) is 5.18. The monoisotopic (exact) mass is 192 g/mol. The van der Waals surface area contributed by atoms with Crippen molar-refractivity contribution in [1.82, 2.24) is 4.98 Å². The Morgan fingerprint density at radius 3 is 3.00 bits per heavy atom. The van der Waals surface area contributed by atoms with Crippen LogP contribution in [0.4, 0.5) is 0 Å². The lowest BCUT2D eigenvalue weighted by Crippen LogP contribution is -2.33. The minimum absolute atomic E-state index is 0.258.